The van der Waals surface area contributed by atoms with E-state index in [0.717, 1.165) is 5.56 Å². The second-order valence-electron chi connectivity index (χ2n) is 6.49. The van der Waals surface area contributed by atoms with Crippen LogP contribution in [0.25, 0.3) is 0 Å². The van der Waals surface area contributed by atoms with Gasteiger partial charge in [0.1, 0.15) is 0 Å². The van der Waals surface area contributed by atoms with Gasteiger partial charge in [-0.05, 0) is 65.9 Å². The molecule has 0 atom stereocenters. The topological polar surface area (TPSA) is 72.5 Å². The van der Waals surface area contributed by atoms with Gasteiger partial charge in [0.25, 0.3) is 5.91 Å². The maximum Gasteiger partial charge on any atom is 0.338 e. The lowest BCUT2D eigenvalue weighted by Crippen LogP contribution is -2.15. The number of ether oxygens (including phenoxy) is 1. The Morgan fingerprint density at radius 3 is 2.37 bits per heavy atom. The van der Waals surface area contributed by atoms with Crippen LogP contribution in [0.3, 0.4) is 0 Å². The summed E-state index contributed by atoms with van der Waals surface area (Å²) >= 11 is 13.3. The van der Waals surface area contributed by atoms with Crippen LogP contribution < -0.4 is 5.32 Å². The summed E-state index contributed by atoms with van der Waals surface area (Å²) in [5.41, 5.74) is 2.29. The molecule has 0 radical (unpaired) electrons. The van der Waals surface area contributed by atoms with Gasteiger partial charge in [0, 0.05) is 22.7 Å². The van der Waals surface area contributed by atoms with E-state index in [4.69, 9.17) is 27.9 Å². The second kappa shape index (κ2) is 9.43. The van der Waals surface area contributed by atoms with Gasteiger partial charge in [0.05, 0.1) is 22.6 Å². The molecule has 0 saturated heterocycles. The maximum absolute atomic E-state index is 12.8. The third-order valence-electron chi connectivity index (χ3n) is 4.38. The van der Waals surface area contributed by atoms with Gasteiger partial charge in [-0.3, -0.25) is 9.59 Å². The molecule has 0 aliphatic carbocycles. The molecular formula is C22H17Cl2NO4S. The summed E-state index contributed by atoms with van der Waals surface area (Å²) in [6.45, 7) is 1.82. The standard InChI is InChI=1S/C22H17Cl2NO4S/c1-12-11-30-20(19(12)24)18(26)10-14-9-13(3-8-17(14)22(28)29-2)21(27)25-16-6-4-15(23)5-7-16/h3-9,11H,10H2,1-2H3,(H,25,27). The number of Topliss-reactive ketones (excluding diaryl/α,β-unsaturated/α-hetero) is 1. The molecule has 154 valence electrons. The zero-order chi connectivity index (χ0) is 21.8. The number of aryl methyl sites for hydroxylation is 1. The van der Waals surface area contributed by atoms with E-state index in [1.165, 1.54) is 36.6 Å². The van der Waals surface area contributed by atoms with Gasteiger partial charge in [0.2, 0.25) is 0 Å². The van der Waals surface area contributed by atoms with Crippen LogP contribution in [-0.2, 0) is 11.2 Å². The Morgan fingerprint density at radius 1 is 1.07 bits per heavy atom. The van der Waals surface area contributed by atoms with Crippen molar-refractivity contribution in [3.8, 4) is 0 Å². The van der Waals surface area contributed by atoms with Gasteiger partial charge in [0.15, 0.2) is 5.78 Å². The van der Waals surface area contributed by atoms with Crippen LogP contribution in [0.15, 0.2) is 47.8 Å². The van der Waals surface area contributed by atoms with Crippen molar-refractivity contribution in [1.29, 1.82) is 0 Å². The van der Waals surface area contributed by atoms with E-state index in [1.807, 2.05) is 6.92 Å². The first-order chi connectivity index (χ1) is 14.3. The third-order valence-corrected chi connectivity index (χ3v) is 6.37. The van der Waals surface area contributed by atoms with E-state index in [1.54, 1.807) is 29.6 Å². The van der Waals surface area contributed by atoms with Gasteiger partial charge in [-0.1, -0.05) is 23.2 Å². The number of nitrogens with one attached hydrogen (secondary N) is 1. The van der Waals surface area contributed by atoms with Crippen LogP contribution in [0.2, 0.25) is 10.0 Å². The van der Waals surface area contributed by atoms with Crippen molar-refractivity contribution in [1.82, 2.24) is 0 Å². The van der Waals surface area contributed by atoms with Crippen molar-refractivity contribution >= 4 is 57.9 Å². The number of hydrogen-bond donors (Lipinski definition) is 1. The molecule has 0 unspecified atom stereocenters. The Morgan fingerprint density at radius 2 is 1.77 bits per heavy atom. The maximum atomic E-state index is 12.8. The van der Waals surface area contributed by atoms with Crippen LogP contribution in [0.1, 0.15) is 41.5 Å². The molecule has 3 rings (SSSR count). The van der Waals surface area contributed by atoms with E-state index in [-0.39, 0.29) is 23.7 Å². The number of anilines is 1. The molecule has 5 nitrogen and oxygen atoms in total. The van der Waals surface area contributed by atoms with Crippen LogP contribution in [0.4, 0.5) is 5.69 Å². The molecule has 1 amide bonds. The van der Waals surface area contributed by atoms with Gasteiger partial charge in [-0.2, -0.15) is 0 Å². The fourth-order valence-corrected chi connectivity index (χ4v) is 4.16. The highest BCUT2D eigenvalue weighted by Gasteiger charge is 2.21. The minimum absolute atomic E-state index is 0.0911. The van der Waals surface area contributed by atoms with Crippen molar-refractivity contribution in [3.63, 3.8) is 0 Å². The lowest BCUT2D eigenvalue weighted by Gasteiger charge is -2.11. The van der Waals surface area contributed by atoms with Crippen molar-refractivity contribution in [3.05, 3.63) is 85.0 Å². The predicted octanol–water partition coefficient (Wildman–Crippen LogP) is 5.83. The van der Waals surface area contributed by atoms with Crippen molar-refractivity contribution in [2.75, 3.05) is 12.4 Å². The fourth-order valence-electron chi connectivity index (χ4n) is 2.80. The smallest absolute Gasteiger partial charge is 0.338 e. The van der Waals surface area contributed by atoms with Crippen molar-refractivity contribution in [2.24, 2.45) is 0 Å². The molecule has 3 aromatic rings. The molecule has 0 aliphatic rings. The summed E-state index contributed by atoms with van der Waals surface area (Å²) in [4.78, 5) is 38.0. The highest BCUT2D eigenvalue weighted by Crippen LogP contribution is 2.29. The summed E-state index contributed by atoms with van der Waals surface area (Å²) in [6, 6.07) is 11.2. The van der Waals surface area contributed by atoms with Crippen LogP contribution in [-0.4, -0.2) is 24.8 Å². The van der Waals surface area contributed by atoms with Crippen LogP contribution in [0, 0.1) is 6.92 Å². The van der Waals surface area contributed by atoms with Gasteiger partial charge in [-0.15, -0.1) is 11.3 Å². The van der Waals surface area contributed by atoms with E-state index in [0.29, 0.717) is 31.7 Å². The molecule has 1 N–H and O–H groups in total. The fraction of sp³-hybridized carbons (Fsp3) is 0.136. The number of benzene rings is 2. The van der Waals surface area contributed by atoms with Crippen LogP contribution >= 0.6 is 34.5 Å². The summed E-state index contributed by atoms with van der Waals surface area (Å²) in [5, 5.41) is 5.51. The number of esters is 1. The van der Waals surface area contributed by atoms with Gasteiger partial charge in [-0.25, -0.2) is 4.79 Å². The molecule has 0 spiro atoms. The molecule has 0 fully saturated rings. The molecule has 1 heterocycles. The van der Waals surface area contributed by atoms with Gasteiger partial charge >= 0.3 is 5.97 Å². The SMILES string of the molecule is COC(=O)c1ccc(C(=O)Nc2ccc(Cl)cc2)cc1CC(=O)c1scc(C)c1Cl. The van der Waals surface area contributed by atoms with E-state index >= 15 is 0 Å². The summed E-state index contributed by atoms with van der Waals surface area (Å²) in [5.74, 6) is -1.21. The number of carbonyl (C=O) groups excluding carboxylic acids is 3. The number of rotatable bonds is 6. The Hall–Kier alpha value is -2.67. The average Bonchev–Trinajstić information content (AvgIpc) is 3.07. The zero-order valence-electron chi connectivity index (χ0n) is 16.1. The molecule has 1 aromatic heterocycles. The normalized spacial score (nSPS) is 10.5. The molecule has 0 aliphatic heterocycles. The Bertz CT molecular complexity index is 1120. The summed E-state index contributed by atoms with van der Waals surface area (Å²) in [6.07, 6.45) is -0.0911. The Kier molecular flexibility index (Phi) is 6.92. The quantitative estimate of drug-likeness (QED) is 0.370. The zero-order valence-corrected chi connectivity index (χ0v) is 18.5. The van der Waals surface area contributed by atoms with E-state index in [2.05, 4.69) is 5.32 Å². The van der Waals surface area contributed by atoms with E-state index < -0.39 is 5.97 Å². The van der Waals surface area contributed by atoms with Crippen molar-refractivity contribution in [2.45, 2.75) is 13.3 Å². The van der Waals surface area contributed by atoms with Crippen LogP contribution in [0.5, 0.6) is 0 Å². The Balaban J connectivity index is 1.90. The first-order valence-electron chi connectivity index (χ1n) is 8.85. The molecule has 2 aromatic carbocycles. The number of halogens is 2. The average molecular weight is 462 g/mol. The first-order valence-corrected chi connectivity index (χ1v) is 10.5. The summed E-state index contributed by atoms with van der Waals surface area (Å²) < 4.78 is 4.81. The lowest BCUT2D eigenvalue weighted by molar-refractivity contribution is 0.0599. The molecule has 0 saturated carbocycles. The molecular weight excluding hydrogens is 445 g/mol. The minimum atomic E-state index is -0.587. The number of amides is 1. The Labute approximate surface area is 187 Å². The molecule has 8 heteroatoms. The highest BCUT2D eigenvalue weighted by molar-refractivity contribution is 7.13. The number of thiophene rings is 1. The monoisotopic (exact) mass is 461 g/mol. The number of ketones is 1. The van der Waals surface area contributed by atoms with E-state index in [9.17, 15) is 14.4 Å². The number of carbonyl (C=O) groups is 3. The van der Waals surface area contributed by atoms with Gasteiger partial charge < -0.3 is 10.1 Å². The lowest BCUT2D eigenvalue weighted by atomic mass is 9.98. The third kappa shape index (κ3) is 4.90. The largest absolute Gasteiger partial charge is 0.465 e. The first kappa shape index (κ1) is 22.0. The number of methoxy groups -OCH3 is 1. The minimum Gasteiger partial charge on any atom is -0.465 e. The molecule has 0 bridgehead atoms. The summed E-state index contributed by atoms with van der Waals surface area (Å²) in [7, 11) is 1.26. The number of hydrogen-bond acceptors (Lipinski definition) is 5. The van der Waals surface area contributed by atoms with Crippen molar-refractivity contribution < 1.29 is 19.1 Å². The molecule has 30 heavy (non-hydrogen) atoms. The highest BCUT2D eigenvalue weighted by atomic mass is 35.5. The second-order valence-corrected chi connectivity index (χ2v) is 8.18. The predicted molar refractivity (Wildman–Crippen MR) is 119 cm³/mol.